The fraction of sp³-hybridized carbons (Fsp3) is 0.538. The van der Waals surface area contributed by atoms with Crippen molar-refractivity contribution in [3.8, 4) is 0 Å². The predicted octanol–water partition coefficient (Wildman–Crippen LogP) is 3.54. The molecule has 0 aromatic carbocycles. The van der Waals surface area contributed by atoms with Gasteiger partial charge in [-0.25, -0.2) is 0 Å². The molecule has 1 N–H and O–H groups in total. The zero-order chi connectivity index (χ0) is 13.1. The van der Waals surface area contributed by atoms with Gasteiger partial charge < -0.3 is 9.88 Å². The second-order valence-corrected chi connectivity index (χ2v) is 7.35. The first kappa shape index (κ1) is 15.9. The van der Waals surface area contributed by atoms with Gasteiger partial charge in [-0.15, -0.1) is 33.9 Å². The molecule has 0 aliphatic carbocycles. The molecule has 110 valence electrons. The molecule has 7 heteroatoms. The predicted molar refractivity (Wildman–Crippen MR) is 87.4 cm³/mol. The summed E-state index contributed by atoms with van der Waals surface area (Å²) in [5.41, 5.74) is 0. The third-order valence-corrected chi connectivity index (χ3v) is 5.02. The molecule has 0 radical (unpaired) electrons. The first-order valence-electron chi connectivity index (χ1n) is 6.69. The molecule has 2 aromatic heterocycles. The summed E-state index contributed by atoms with van der Waals surface area (Å²) in [7, 11) is 0. The highest BCUT2D eigenvalue weighted by atomic mass is 79.9. The van der Waals surface area contributed by atoms with E-state index < -0.39 is 0 Å². The van der Waals surface area contributed by atoms with E-state index >= 15 is 0 Å². The van der Waals surface area contributed by atoms with Crippen LogP contribution in [-0.2, 0) is 26.1 Å². The number of halogens is 2. The highest BCUT2D eigenvalue weighted by molar-refractivity contribution is 9.11. The maximum absolute atomic E-state index is 4.32. The largest absolute Gasteiger partial charge is 0.314 e. The summed E-state index contributed by atoms with van der Waals surface area (Å²) in [6.07, 6.45) is 4.87. The summed E-state index contributed by atoms with van der Waals surface area (Å²) in [6, 6.07) is 4.23. The van der Waals surface area contributed by atoms with Crippen LogP contribution in [0.4, 0.5) is 0 Å². The number of nitrogens with one attached hydrogen (secondary N) is 1. The monoisotopic (exact) mass is 376 g/mol. The van der Waals surface area contributed by atoms with E-state index in [0.29, 0.717) is 0 Å². The summed E-state index contributed by atoms with van der Waals surface area (Å²) >= 11 is 5.25. The van der Waals surface area contributed by atoms with Gasteiger partial charge in [-0.05, 0) is 40.9 Å². The molecule has 0 amide bonds. The Morgan fingerprint density at radius 3 is 2.90 bits per heavy atom. The lowest BCUT2D eigenvalue weighted by Gasteiger charge is -2.07. The van der Waals surface area contributed by atoms with Gasteiger partial charge in [0.25, 0.3) is 0 Å². The maximum atomic E-state index is 4.32. The standard InChI is InChI=1S/C13H17BrN4S.ClH/c14-11-6-5-10(19-11)8-15-9-13-17-16-12-4-2-1-3-7-18(12)13;/h5-6,15H,1-4,7-9H2;1H. The normalized spacial score (nSPS) is 14.4. The van der Waals surface area contributed by atoms with Crippen molar-refractivity contribution in [1.29, 1.82) is 0 Å². The second kappa shape index (κ2) is 7.54. The molecule has 20 heavy (non-hydrogen) atoms. The Kier molecular flexibility index (Phi) is 6.01. The SMILES string of the molecule is Brc1ccc(CNCc2nnc3n2CCCCC3)s1.Cl. The van der Waals surface area contributed by atoms with Crippen LogP contribution in [-0.4, -0.2) is 14.8 Å². The van der Waals surface area contributed by atoms with Crippen LogP contribution in [0.2, 0.25) is 0 Å². The van der Waals surface area contributed by atoms with Crippen molar-refractivity contribution in [1.82, 2.24) is 20.1 Å². The van der Waals surface area contributed by atoms with Crippen LogP contribution >= 0.6 is 39.7 Å². The molecule has 0 atom stereocenters. The molecule has 0 bridgehead atoms. The third-order valence-electron chi connectivity index (χ3n) is 3.40. The first-order valence-corrected chi connectivity index (χ1v) is 8.30. The Morgan fingerprint density at radius 2 is 2.10 bits per heavy atom. The minimum absolute atomic E-state index is 0. The Balaban J connectivity index is 0.00000147. The van der Waals surface area contributed by atoms with Gasteiger partial charge in [0.05, 0.1) is 10.3 Å². The van der Waals surface area contributed by atoms with Crippen molar-refractivity contribution in [2.24, 2.45) is 0 Å². The van der Waals surface area contributed by atoms with E-state index in [0.717, 1.165) is 37.7 Å². The number of thiophene rings is 1. The van der Waals surface area contributed by atoms with Gasteiger partial charge in [0.1, 0.15) is 11.6 Å². The Bertz CT molecular complexity index is 554. The topological polar surface area (TPSA) is 42.7 Å². The van der Waals surface area contributed by atoms with Gasteiger partial charge in [0.15, 0.2) is 0 Å². The van der Waals surface area contributed by atoms with E-state index in [2.05, 4.69) is 48.1 Å². The molecule has 0 fully saturated rings. The quantitative estimate of drug-likeness (QED) is 0.886. The van der Waals surface area contributed by atoms with Crippen molar-refractivity contribution in [3.05, 3.63) is 32.4 Å². The molecular weight excluding hydrogens is 360 g/mol. The van der Waals surface area contributed by atoms with Gasteiger partial charge >= 0.3 is 0 Å². The fourth-order valence-corrected chi connectivity index (χ4v) is 3.87. The van der Waals surface area contributed by atoms with Crippen LogP contribution in [0.1, 0.15) is 35.8 Å². The van der Waals surface area contributed by atoms with E-state index in [4.69, 9.17) is 0 Å². The molecule has 0 unspecified atom stereocenters. The van der Waals surface area contributed by atoms with E-state index in [-0.39, 0.29) is 12.4 Å². The van der Waals surface area contributed by atoms with Crippen molar-refractivity contribution in [2.75, 3.05) is 0 Å². The summed E-state index contributed by atoms with van der Waals surface area (Å²) in [6.45, 7) is 2.75. The van der Waals surface area contributed by atoms with Crippen molar-refractivity contribution >= 4 is 39.7 Å². The average Bonchev–Trinajstić information content (AvgIpc) is 2.90. The fourth-order valence-electron chi connectivity index (χ4n) is 2.42. The van der Waals surface area contributed by atoms with Crippen LogP contribution in [0.25, 0.3) is 0 Å². The number of fused-ring (bicyclic) bond motifs is 1. The lowest BCUT2D eigenvalue weighted by atomic mass is 10.2. The molecular formula is C13H18BrClN4S. The second-order valence-electron chi connectivity index (χ2n) is 4.80. The number of rotatable bonds is 4. The zero-order valence-corrected chi connectivity index (χ0v) is 14.4. The lowest BCUT2D eigenvalue weighted by Crippen LogP contribution is -2.16. The van der Waals surface area contributed by atoms with E-state index in [1.165, 1.54) is 27.9 Å². The Labute approximate surface area is 137 Å². The van der Waals surface area contributed by atoms with E-state index in [1.807, 2.05) is 0 Å². The third kappa shape index (κ3) is 3.81. The van der Waals surface area contributed by atoms with Crippen LogP contribution < -0.4 is 5.32 Å². The molecule has 1 aliphatic heterocycles. The molecule has 2 aromatic rings. The molecule has 4 nitrogen and oxygen atoms in total. The number of hydrogen-bond donors (Lipinski definition) is 1. The number of aryl methyl sites for hydroxylation is 1. The van der Waals surface area contributed by atoms with Gasteiger partial charge in [-0.2, -0.15) is 0 Å². The van der Waals surface area contributed by atoms with Gasteiger partial charge in [-0.1, -0.05) is 6.42 Å². The smallest absolute Gasteiger partial charge is 0.147 e. The molecule has 3 rings (SSSR count). The molecule has 1 aliphatic rings. The van der Waals surface area contributed by atoms with Gasteiger partial charge in [0.2, 0.25) is 0 Å². The Hall–Kier alpha value is -0.430. The average molecular weight is 378 g/mol. The minimum Gasteiger partial charge on any atom is -0.314 e. The summed E-state index contributed by atoms with van der Waals surface area (Å²) in [4.78, 5) is 1.34. The van der Waals surface area contributed by atoms with Gasteiger partial charge in [-0.3, -0.25) is 0 Å². The van der Waals surface area contributed by atoms with Crippen molar-refractivity contribution in [2.45, 2.75) is 45.3 Å². The zero-order valence-electron chi connectivity index (χ0n) is 11.1. The highest BCUT2D eigenvalue weighted by Crippen LogP contribution is 2.21. The molecule has 3 heterocycles. The van der Waals surface area contributed by atoms with Gasteiger partial charge in [0, 0.05) is 24.4 Å². The summed E-state index contributed by atoms with van der Waals surface area (Å²) in [5.74, 6) is 2.24. The molecule has 0 saturated heterocycles. The first-order chi connectivity index (χ1) is 9.33. The lowest BCUT2D eigenvalue weighted by molar-refractivity contribution is 0.574. The number of aromatic nitrogens is 3. The number of hydrogen-bond acceptors (Lipinski definition) is 4. The number of nitrogens with zero attached hydrogens (tertiary/aromatic N) is 3. The van der Waals surface area contributed by atoms with E-state index in [1.54, 1.807) is 11.3 Å². The minimum atomic E-state index is 0. The van der Waals surface area contributed by atoms with Crippen LogP contribution in [0.3, 0.4) is 0 Å². The molecule has 0 saturated carbocycles. The van der Waals surface area contributed by atoms with Crippen LogP contribution in [0, 0.1) is 0 Å². The van der Waals surface area contributed by atoms with Crippen molar-refractivity contribution in [3.63, 3.8) is 0 Å². The maximum Gasteiger partial charge on any atom is 0.147 e. The van der Waals surface area contributed by atoms with Crippen LogP contribution in [0.5, 0.6) is 0 Å². The Morgan fingerprint density at radius 1 is 1.20 bits per heavy atom. The van der Waals surface area contributed by atoms with E-state index in [9.17, 15) is 0 Å². The summed E-state index contributed by atoms with van der Waals surface area (Å²) < 4.78 is 3.48. The van der Waals surface area contributed by atoms with Crippen LogP contribution in [0.15, 0.2) is 15.9 Å². The summed E-state index contributed by atoms with van der Waals surface area (Å²) in [5, 5.41) is 12.1. The molecule has 0 spiro atoms. The highest BCUT2D eigenvalue weighted by Gasteiger charge is 2.14. The van der Waals surface area contributed by atoms with Crippen molar-refractivity contribution < 1.29 is 0 Å².